The molecular weight excluding hydrogens is 380 g/mol. The molecule has 2 aromatic rings. The Labute approximate surface area is 126 Å². The first kappa shape index (κ1) is 13.7. The Balaban J connectivity index is 2.09. The van der Waals surface area contributed by atoms with Crippen molar-refractivity contribution in [2.24, 2.45) is 0 Å². The molecule has 0 saturated heterocycles. The van der Waals surface area contributed by atoms with E-state index in [0.717, 1.165) is 9.35 Å². The lowest BCUT2D eigenvalue weighted by molar-refractivity contribution is 0.0785. The third kappa shape index (κ3) is 3.40. The lowest BCUT2D eigenvalue weighted by Crippen LogP contribution is -2.26. The van der Waals surface area contributed by atoms with E-state index in [1.165, 1.54) is 0 Å². The van der Waals surface area contributed by atoms with Gasteiger partial charge >= 0.3 is 0 Å². The summed E-state index contributed by atoms with van der Waals surface area (Å²) in [5.41, 5.74) is 1.75. The SMILES string of the molecule is CN(Cc1csc(Br)c1)C(=O)c1ccnc(Br)c1. The molecule has 6 heteroatoms. The van der Waals surface area contributed by atoms with Crippen molar-refractivity contribution in [1.82, 2.24) is 9.88 Å². The van der Waals surface area contributed by atoms with Gasteiger partial charge in [0.15, 0.2) is 0 Å². The molecule has 0 atom stereocenters. The Hall–Kier alpha value is -0.720. The smallest absolute Gasteiger partial charge is 0.254 e. The van der Waals surface area contributed by atoms with Crippen LogP contribution >= 0.6 is 43.2 Å². The summed E-state index contributed by atoms with van der Waals surface area (Å²) in [5.74, 6) is -0.0135. The van der Waals surface area contributed by atoms with Crippen molar-refractivity contribution in [3.8, 4) is 0 Å². The second kappa shape index (κ2) is 5.95. The molecule has 0 aliphatic carbocycles. The maximum absolute atomic E-state index is 12.2. The Morgan fingerprint density at radius 3 is 2.83 bits per heavy atom. The Bertz CT molecular complexity index is 571. The summed E-state index contributed by atoms with van der Waals surface area (Å²) in [5, 5.41) is 2.04. The number of thiophene rings is 1. The molecule has 0 aliphatic heterocycles. The quantitative estimate of drug-likeness (QED) is 0.745. The standard InChI is InChI=1S/C12H10Br2N2OS/c1-16(6-8-4-11(14)18-7-8)12(17)9-2-3-15-10(13)5-9/h2-5,7H,6H2,1H3. The Kier molecular flexibility index (Phi) is 4.53. The monoisotopic (exact) mass is 388 g/mol. The van der Waals surface area contributed by atoms with E-state index in [9.17, 15) is 4.79 Å². The van der Waals surface area contributed by atoms with Crippen molar-refractivity contribution in [1.29, 1.82) is 0 Å². The van der Waals surface area contributed by atoms with Gasteiger partial charge in [-0.25, -0.2) is 4.98 Å². The van der Waals surface area contributed by atoms with Gasteiger partial charge in [-0.1, -0.05) is 0 Å². The summed E-state index contributed by atoms with van der Waals surface area (Å²) < 4.78 is 1.74. The van der Waals surface area contributed by atoms with Crippen LogP contribution in [0.5, 0.6) is 0 Å². The molecular formula is C12H10Br2N2OS. The molecule has 0 N–H and O–H groups in total. The lowest BCUT2D eigenvalue weighted by atomic mass is 10.2. The lowest BCUT2D eigenvalue weighted by Gasteiger charge is -2.16. The van der Waals surface area contributed by atoms with Crippen LogP contribution < -0.4 is 0 Å². The molecule has 3 nitrogen and oxygen atoms in total. The molecule has 0 fully saturated rings. The number of carbonyl (C=O) groups excluding carboxylic acids is 1. The second-order valence-corrected chi connectivity index (χ2v) is 6.89. The fourth-order valence-electron chi connectivity index (χ4n) is 1.53. The van der Waals surface area contributed by atoms with Crippen LogP contribution in [0.25, 0.3) is 0 Å². The molecule has 0 aliphatic rings. The van der Waals surface area contributed by atoms with Gasteiger partial charge in [0.2, 0.25) is 0 Å². The first-order chi connectivity index (χ1) is 8.56. The van der Waals surface area contributed by atoms with Crippen LogP contribution in [-0.4, -0.2) is 22.8 Å². The maximum Gasteiger partial charge on any atom is 0.254 e. The van der Waals surface area contributed by atoms with Crippen LogP contribution in [0.1, 0.15) is 15.9 Å². The fraction of sp³-hybridized carbons (Fsp3) is 0.167. The van der Waals surface area contributed by atoms with E-state index in [4.69, 9.17) is 0 Å². The van der Waals surface area contributed by atoms with Crippen LogP contribution in [0.15, 0.2) is 38.2 Å². The zero-order valence-electron chi connectivity index (χ0n) is 9.56. The van der Waals surface area contributed by atoms with Gasteiger partial charge in [-0.3, -0.25) is 4.79 Å². The molecule has 0 unspecified atom stereocenters. The predicted molar refractivity (Wildman–Crippen MR) is 79.8 cm³/mol. The van der Waals surface area contributed by atoms with Gasteiger partial charge in [0.1, 0.15) is 4.60 Å². The number of amides is 1. The normalized spacial score (nSPS) is 10.4. The van der Waals surface area contributed by atoms with Crippen molar-refractivity contribution >= 4 is 49.1 Å². The van der Waals surface area contributed by atoms with Gasteiger partial charge in [-0.05, 0) is 61.0 Å². The summed E-state index contributed by atoms with van der Waals surface area (Å²) >= 11 is 8.30. The molecule has 2 aromatic heterocycles. The largest absolute Gasteiger partial charge is 0.337 e. The van der Waals surface area contributed by atoms with Crippen molar-refractivity contribution in [3.63, 3.8) is 0 Å². The highest BCUT2D eigenvalue weighted by Gasteiger charge is 2.13. The molecule has 0 spiro atoms. The summed E-state index contributed by atoms with van der Waals surface area (Å²) in [7, 11) is 1.79. The number of carbonyl (C=O) groups is 1. The van der Waals surface area contributed by atoms with Gasteiger partial charge in [0.25, 0.3) is 5.91 Å². The van der Waals surface area contributed by atoms with E-state index in [-0.39, 0.29) is 5.91 Å². The number of pyridine rings is 1. The van der Waals surface area contributed by atoms with Gasteiger partial charge in [-0.15, -0.1) is 11.3 Å². The summed E-state index contributed by atoms with van der Waals surface area (Å²) in [6.07, 6.45) is 1.62. The van der Waals surface area contributed by atoms with Crippen LogP contribution in [-0.2, 0) is 6.54 Å². The number of rotatable bonds is 3. The molecule has 2 heterocycles. The van der Waals surface area contributed by atoms with Crippen molar-refractivity contribution in [3.05, 3.63) is 49.3 Å². The van der Waals surface area contributed by atoms with Gasteiger partial charge in [-0.2, -0.15) is 0 Å². The van der Waals surface area contributed by atoms with Crippen LogP contribution in [0.2, 0.25) is 0 Å². The van der Waals surface area contributed by atoms with Gasteiger partial charge in [0, 0.05) is 25.4 Å². The van der Waals surface area contributed by atoms with E-state index in [1.807, 2.05) is 11.4 Å². The molecule has 1 amide bonds. The maximum atomic E-state index is 12.2. The van der Waals surface area contributed by atoms with Gasteiger partial charge in [0.05, 0.1) is 3.79 Å². The first-order valence-corrected chi connectivity index (χ1v) is 7.63. The topological polar surface area (TPSA) is 33.2 Å². The third-order valence-electron chi connectivity index (χ3n) is 2.36. The Morgan fingerprint density at radius 1 is 1.44 bits per heavy atom. The van der Waals surface area contributed by atoms with Crippen molar-refractivity contribution < 1.29 is 4.79 Å². The summed E-state index contributed by atoms with van der Waals surface area (Å²) in [6, 6.07) is 5.46. The molecule has 0 saturated carbocycles. The van der Waals surface area contributed by atoms with E-state index < -0.39 is 0 Å². The highest BCUT2D eigenvalue weighted by atomic mass is 79.9. The molecule has 0 bridgehead atoms. The van der Waals surface area contributed by atoms with Gasteiger partial charge < -0.3 is 4.90 Å². The minimum atomic E-state index is -0.0135. The minimum Gasteiger partial charge on any atom is -0.337 e. The highest BCUT2D eigenvalue weighted by molar-refractivity contribution is 9.11. The van der Waals surface area contributed by atoms with Crippen LogP contribution in [0.3, 0.4) is 0 Å². The molecule has 2 rings (SSSR count). The molecule has 0 aromatic carbocycles. The van der Waals surface area contributed by atoms with E-state index >= 15 is 0 Å². The third-order valence-corrected chi connectivity index (χ3v) is 4.35. The van der Waals surface area contributed by atoms with Crippen molar-refractivity contribution in [2.45, 2.75) is 6.54 Å². The van der Waals surface area contributed by atoms with E-state index in [0.29, 0.717) is 16.7 Å². The van der Waals surface area contributed by atoms with Crippen LogP contribution in [0, 0.1) is 0 Å². The van der Waals surface area contributed by atoms with E-state index in [1.54, 1.807) is 41.6 Å². The van der Waals surface area contributed by atoms with E-state index in [2.05, 4.69) is 36.8 Å². The zero-order valence-corrected chi connectivity index (χ0v) is 13.5. The molecule has 94 valence electrons. The predicted octanol–water partition coefficient (Wildman–Crippen LogP) is 3.94. The summed E-state index contributed by atoms with van der Waals surface area (Å²) in [4.78, 5) is 17.9. The first-order valence-electron chi connectivity index (χ1n) is 5.16. The minimum absolute atomic E-state index is 0.0135. The average molecular weight is 390 g/mol. The second-order valence-electron chi connectivity index (χ2n) is 3.79. The number of hydrogen-bond acceptors (Lipinski definition) is 3. The average Bonchev–Trinajstić information content (AvgIpc) is 2.73. The number of halogens is 2. The summed E-state index contributed by atoms with van der Waals surface area (Å²) in [6.45, 7) is 0.598. The number of aromatic nitrogens is 1. The fourth-order valence-corrected chi connectivity index (χ4v) is 3.10. The number of nitrogens with zero attached hydrogens (tertiary/aromatic N) is 2. The molecule has 18 heavy (non-hydrogen) atoms. The molecule has 0 radical (unpaired) electrons. The number of hydrogen-bond donors (Lipinski definition) is 0. The Morgan fingerprint density at radius 2 is 2.22 bits per heavy atom. The van der Waals surface area contributed by atoms with Crippen molar-refractivity contribution in [2.75, 3.05) is 7.05 Å². The highest BCUT2D eigenvalue weighted by Crippen LogP contribution is 2.22. The zero-order chi connectivity index (χ0) is 13.1. The van der Waals surface area contributed by atoms with Crippen LogP contribution in [0.4, 0.5) is 0 Å².